The first-order chi connectivity index (χ1) is 15.8. The number of amides is 1. The minimum absolute atomic E-state index is 0.134. The Morgan fingerprint density at radius 1 is 0.909 bits per heavy atom. The second kappa shape index (κ2) is 11.5. The van der Waals surface area contributed by atoms with Crippen LogP contribution in [-0.2, 0) is 11.3 Å². The van der Waals surface area contributed by atoms with E-state index >= 15 is 0 Å². The summed E-state index contributed by atoms with van der Waals surface area (Å²) in [7, 11) is 0. The van der Waals surface area contributed by atoms with Gasteiger partial charge >= 0.3 is 5.97 Å². The highest BCUT2D eigenvalue weighted by Crippen LogP contribution is 2.28. The molecule has 3 aromatic carbocycles. The predicted octanol–water partition coefficient (Wildman–Crippen LogP) is 6.55. The average molecular weight is 522 g/mol. The summed E-state index contributed by atoms with van der Waals surface area (Å²) in [5.74, 6) is -0.821. The van der Waals surface area contributed by atoms with Crippen molar-refractivity contribution in [2.45, 2.75) is 13.5 Å². The maximum atomic E-state index is 12.7. The third kappa shape index (κ3) is 6.45. The van der Waals surface area contributed by atoms with Gasteiger partial charge in [-0.25, -0.2) is 4.79 Å². The molecule has 0 unspecified atom stereocenters. The Morgan fingerprint density at radius 2 is 1.48 bits per heavy atom. The van der Waals surface area contributed by atoms with Crippen molar-refractivity contribution in [3.05, 3.63) is 98.5 Å². The fourth-order valence-electron chi connectivity index (χ4n) is 2.95. The van der Waals surface area contributed by atoms with Crippen LogP contribution in [0.4, 0.5) is 5.69 Å². The van der Waals surface area contributed by atoms with Crippen LogP contribution in [0.1, 0.15) is 33.2 Å². The molecule has 170 valence electrons. The monoisotopic (exact) mass is 520 g/mol. The van der Waals surface area contributed by atoms with Crippen LogP contribution in [0.3, 0.4) is 0 Å². The van der Waals surface area contributed by atoms with Gasteiger partial charge in [0.25, 0.3) is 5.91 Å². The van der Waals surface area contributed by atoms with Crippen molar-refractivity contribution < 1.29 is 14.3 Å². The lowest BCUT2D eigenvalue weighted by Crippen LogP contribution is -2.42. The van der Waals surface area contributed by atoms with E-state index in [1.54, 1.807) is 78.6 Å². The Morgan fingerprint density at radius 3 is 2.06 bits per heavy atom. The first-order valence-corrected chi connectivity index (χ1v) is 11.4. The van der Waals surface area contributed by atoms with E-state index in [2.05, 4.69) is 5.32 Å². The van der Waals surface area contributed by atoms with Gasteiger partial charge in [0.05, 0.1) is 18.7 Å². The molecule has 0 aliphatic carbocycles. The third-order valence-corrected chi connectivity index (χ3v) is 5.92. The van der Waals surface area contributed by atoms with Crippen LogP contribution in [0.15, 0.2) is 66.7 Å². The number of benzene rings is 3. The molecular weight excluding hydrogens is 503 g/mol. The molecule has 0 atom stereocenters. The number of hydrogen-bond donors (Lipinski definition) is 1. The number of esters is 1. The summed E-state index contributed by atoms with van der Waals surface area (Å²) < 4.78 is 5.03. The number of ether oxygens (including phenoxy) is 1. The molecule has 0 heterocycles. The lowest BCUT2D eigenvalue weighted by Gasteiger charge is -2.26. The SMILES string of the molecule is CCOC(=O)c1ccc(N(Cc2c(Cl)cccc2Cl)C(=S)NC(=O)c2ccc(Cl)cc2)cc1. The number of carbonyl (C=O) groups is 2. The number of carbonyl (C=O) groups excluding carboxylic acids is 2. The molecular formula is C24H19Cl3N2O3S. The third-order valence-electron chi connectivity index (χ3n) is 4.64. The highest BCUT2D eigenvalue weighted by Gasteiger charge is 2.20. The number of nitrogens with zero attached hydrogens (tertiary/aromatic N) is 1. The summed E-state index contributed by atoms with van der Waals surface area (Å²) in [6.07, 6.45) is 0. The molecule has 1 amide bonds. The summed E-state index contributed by atoms with van der Waals surface area (Å²) in [4.78, 5) is 26.4. The minimum atomic E-state index is -0.427. The molecule has 0 bridgehead atoms. The maximum absolute atomic E-state index is 12.7. The van der Waals surface area contributed by atoms with E-state index < -0.39 is 11.9 Å². The van der Waals surface area contributed by atoms with Crippen molar-refractivity contribution in [2.24, 2.45) is 0 Å². The molecule has 0 spiro atoms. The van der Waals surface area contributed by atoms with Crippen molar-refractivity contribution in [1.29, 1.82) is 0 Å². The Balaban J connectivity index is 1.91. The van der Waals surface area contributed by atoms with Gasteiger partial charge in [0.1, 0.15) is 0 Å². The van der Waals surface area contributed by atoms with Gasteiger partial charge in [-0.15, -0.1) is 0 Å². The Hall–Kier alpha value is -2.64. The van der Waals surface area contributed by atoms with Crippen molar-refractivity contribution in [2.75, 3.05) is 11.5 Å². The zero-order valence-electron chi connectivity index (χ0n) is 17.5. The Labute approximate surface area is 212 Å². The van der Waals surface area contributed by atoms with Crippen LogP contribution in [0.5, 0.6) is 0 Å². The van der Waals surface area contributed by atoms with Gasteiger partial charge in [0.15, 0.2) is 5.11 Å². The van der Waals surface area contributed by atoms with Gasteiger partial charge in [0.2, 0.25) is 0 Å². The Kier molecular flexibility index (Phi) is 8.69. The van der Waals surface area contributed by atoms with E-state index in [-0.39, 0.29) is 18.3 Å². The predicted molar refractivity (Wildman–Crippen MR) is 137 cm³/mol. The van der Waals surface area contributed by atoms with Crippen LogP contribution >= 0.6 is 47.0 Å². The minimum Gasteiger partial charge on any atom is -0.462 e. The quantitative estimate of drug-likeness (QED) is 0.295. The molecule has 1 N–H and O–H groups in total. The second-order valence-electron chi connectivity index (χ2n) is 6.82. The summed E-state index contributed by atoms with van der Waals surface area (Å²) in [6.45, 7) is 2.21. The van der Waals surface area contributed by atoms with E-state index in [4.69, 9.17) is 51.8 Å². The smallest absolute Gasteiger partial charge is 0.338 e. The number of halogens is 3. The summed E-state index contributed by atoms with van der Waals surface area (Å²) in [6, 6.07) is 18.3. The topological polar surface area (TPSA) is 58.6 Å². The summed E-state index contributed by atoms with van der Waals surface area (Å²) in [5, 5.41) is 4.30. The molecule has 0 aliphatic rings. The van der Waals surface area contributed by atoms with Gasteiger partial charge < -0.3 is 9.64 Å². The average Bonchev–Trinajstić information content (AvgIpc) is 2.79. The van der Waals surface area contributed by atoms with E-state index in [9.17, 15) is 9.59 Å². The van der Waals surface area contributed by atoms with Gasteiger partial charge in [-0.2, -0.15) is 0 Å². The molecule has 5 nitrogen and oxygen atoms in total. The second-order valence-corrected chi connectivity index (χ2v) is 8.46. The summed E-state index contributed by atoms with van der Waals surface area (Å²) in [5.41, 5.74) is 2.06. The highest BCUT2D eigenvalue weighted by molar-refractivity contribution is 7.80. The normalized spacial score (nSPS) is 10.4. The molecule has 0 saturated carbocycles. The van der Waals surface area contributed by atoms with Crippen LogP contribution in [0.2, 0.25) is 15.1 Å². The fourth-order valence-corrected chi connectivity index (χ4v) is 3.86. The first kappa shape index (κ1) is 25.0. The fraction of sp³-hybridized carbons (Fsp3) is 0.125. The van der Waals surface area contributed by atoms with Crippen molar-refractivity contribution in [3.8, 4) is 0 Å². The molecule has 0 radical (unpaired) electrons. The van der Waals surface area contributed by atoms with Crippen LogP contribution in [0.25, 0.3) is 0 Å². The lowest BCUT2D eigenvalue weighted by molar-refractivity contribution is 0.0526. The lowest BCUT2D eigenvalue weighted by atomic mass is 10.1. The molecule has 3 aromatic rings. The number of anilines is 1. The molecule has 0 aromatic heterocycles. The highest BCUT2D eigenvalue weighted by atomic mass is 35.5. The van der Waals surface area contributed by atoms with E-state index in [1.165, 1.54) is 0 Å². The Bertz CT molecular complexity index is 1150. The standard InChI is InChI=1S/C24H19Cl3N2O3S/c1-2-32-23(31)16-8-12-18(13-9-16)29(14-19-20(26)4-3-5-21(19)27)24(33)28-22(30)15-6-10-17(25)11-7-15/h3-13H,2,14H2,1H3,(H,28,30,33). The van der Waals surface area contributed by atoms with Crippen LogP contribution < -0.4 is 10.2 Å². The zero-order valence-corrected chi connectivity index (χ0v) is 20.6. The molecule has 0 saturated heterocycles. The molecule has 33 heavy (non-hydrogen) atoms. The van der Waals surface area contributed by atoms with Crippen LogP contribution in [0, 0.1) is 0 Å². The number of nitrogens with one attached hydrogen (secondary N) is 1. The molecule has 9 heteroatoms. The molecule has 0 aliphatic heterocycles. The number of thiocarbonyl (C=S) groups is 1. The number of rotatable bonds is 6. The van der Waals surface area contributed by atoms with E-state index in [1.807, 2.05) is 0 Å². The van der Waals surface area contributed by atoms with Crippen molar-refractivity contribution >= 4 is 69.7 Å². The van der Waals surface area contributed by atoms with Crippen molar-refractivity contribution in [1.82, 2.24) is 5.32 Å². The maximum Gasteiger partial charge on any atom is 0.338 e. The molecule has 3 rings (SSSR count). The van der Waals surface area contributed by atoms with Gasteiger partial charge in [-0.3, -0.25) is 10.1 Å². The van der Waals surface area contributed by atoms with Crippen molar-refractivity contribution in [3.63, 3.8) is 0 Å². The van der Waals surface area contributed by atoms with Crippen LogP contribution in [-0.4, -0.2) is 23.6 Å². The summed E-state index contributed by atoms with van der Waals surface area (Å²) >= 11 is 24.2. The van der Waals surface area contributed by atoms with Gasteiger partial charge in [-0.1, -0.05) is 40.9 Å². The largest absolute Gasteiger partial charge is 0.462 e. The van der Waals surface area contributed by atoms with Gasteiger partial charge in [0, 0.05) is 31.9 Å². The first-order valence-electron chi connectivity index (χ1n) is 9.88. The van der Waals surface area contributed by atoms with Gasteiger partial charge in [-0.05, 0) is 79.8 Å². The number of hydrogen-bond acceptors (Lipinski definition) is 4. The van der Waals surface area contributed by atoms with E-state index in [0.29, 0.717) is 37.4 Å². The molecule has 0 fully saturated rings. The zero-order chi connectivity index (χ0) is 24.0. The van der Waals surface area contributed by atoms with E-state index in [0.717, 1.165) is 0 Å².